The minimum absolute atomic E-state index is 0.226. The van der Waals surface area contributed by atoms with E-state index in [9.17, 15) is 8.76 Å². The van der Waals surface area contributed by atoms with E-state index in [1.54, 1.807) is 24.6 Å². The van der Waals surface area contributed by atoms with E-state index in [2.05, 4.69) is 10.2 Å². The van der Waals surface area contributed by atoms with Crippen LogP contribution in [0, 0.1) is 0 Å². The van der Waals surface area contributed by atoms with Gasteiger partial charge < -0.3 is 13.9 Å². The van der Waals surface area contributed by atoms with E-state index >= 15 is 0 Å². The Hall–Kier alpha value is -2.07. The second-order valence-electron chi connectivity index (χ2n) is 5.59. The van der Waals surface area contributed by atoms with Crippen molar-refractivity contribution in [1.82, 2.24) is 19.1 Å². The average Bonchev–Trinajstić information content (AvgIpc) is 3.31. The van der Waals surface area contributed by atoms with Crippen LogP contribution in [0.1, 0.15) is 5.82 Å². The Bertz CT molecular complexity index is 922. The number of ether oxygens (including phenoxy) is 1. The first kappa shape index (κ1) is 16.4. The fourth-order valence-corrected chi connectivity index (χ4v) is 5.36. The third kappa shape index (κ3) is 2.89. The molecule has 0 radical (unpaired) electrons. The molecule has 2 aromatic heterocycles. The second-order valence-corrected chi connectivity index (χ2v) is 8.70. The molecule has 1 unspecified atom stereocenters. The summed E-state index contributed by atoms with van der Waals surface area (Å²) in [6.07, 6.45) is 0. The molecule has 4 rings (SSSR count). The number of rotatable bonds is 4. The first-order chi connectivity index (χ1) is 12.1. The molecular weight excluding hydrogens is 360 g/mol. The SMILES string of the molecule is COc1ccc(-c2nnc3n2CCN([S+](=O)([O-])c2cccs2)C3)cc1. The number of aromatic nitrogens is 3. The van der Waals surface area contributed by atoms with Gasteiger partial charge in [-0.2, -0.15) is 0 Å². The van der Waals surface area contributed by atoms with Crippen LogP contribution < -0.4 is 4.74 Å². The Morgan fingerprint density at radius 3 is 2.68 bits per heavy atom. The molecule has 0 N–H and O–H groups in total. The Kier molecular flexibility index (Phi) is 4.16. The summed E-state index contributed by atoms with van der Waals surface area (Å²) < 4.78 is 34.3. The Morgan fingerprint density at radius 2 is 2.00 bits per heavy atom. The minimum Gasteiger partial charge on any atom is -0.592 e. The van der Waals surface area contributed by atoms with E-state index in [0.29, 0.717) is 23.1 Å². The van der Waals surface area contributed by atoms with Crippen molar-refractivity contribution in [2.75, 3.05) is 13.7 Å². The monoisotopic (exact) mass is 376 g/mol. The van der Waals surface area contributed by atoms with Crippen LogP contribution in [0.15, 0.2) is 46.0 Å². The van der Waals surface area contributed by atoms with Gasteiger partial charge in [0.25, 0.3) is 0 Å². The summed E-state index contributed by atoms with van der Waals surface area (Å²) in [4.78, 5) is 0. The van der Waals surface area contributed by atoms with Crippen LogP contribution in [0.5, 0.6) is 5.75 Å². The Morgan fingerprint density at radius 1 is 1.20 bits per heavy atom. The van der Waals surface area contributed by atoms with Gasteiger partial charge in [-0.25, -0.2) is 0 Å². The van der Waals surface area contributed by atoms with Gasteiger partial charge in [-0.3, -0.25) is 0 Å². The highest BCUT2D eigenvalue weighted by Crippen LogP contribution is 2.30. The molecule has 9 heteroatoms. The summed E-state index contributed by atoms with van der Waals surface area (Å²) in [6.45, 7) is 1.14. The first-order valence-corrected chi connectivity index (χ1v) is 10.0. The Labute approximate surface area is 150 Å². The molecule has 0 fully saturated rings. The lowest BCUT2D eigenvalue weighted by molar-refractivity contribution is 0.304. The van der Waals surface area contributed by atoms with Crippen LogP contribution in [0.3, 0.4) is 0 Å². The molecule has 1 aliphatic heterocycles. The molecule has 130 valence electrons. The van der Waals surface area contributed by atoms with Gasteiger partial charge in [0.15, 0.2) is 22.0 Å². The highest BCUT2D eigenvalue weighted by atomic mass is 32.3. The van der Waals surface area contributed by atoms with Crippen molar-refractivity contribution in [3.8, 4) is 17.1 Å². The molecule has 1 aliphatic rings. The summed E-state index contributed by atoms with van der Waals surface area (Å²) in [5, 5.41) is 10.2. The van der Waals surface area contributed by atoms with Crippen molar-refractivity contribution >= 4 is 21.7 Å². The number of thiophene rings is 1. The molecule has 3 aromatic rings. The van der Waals surface area contributed by atoms with Gasteiger partial charge in [0.05, 0.1) is 13.7 Å². The normalized spacial score (nSPS) is 17.0. The van der Waals surface area contributed by atoms with Crippen molar-refractivity contribution < 1.29 is 13.5 Å². The highest BCUT2D eigenvalue weighted by Gasteiger charge is 2.35. The lowest BCUT2D eigenvalue weighted by Gasteiger charge is -2.29. The summed E-state index contributed by atoms with van der Waals surface area (Å²) >= 11 is 1.23. The summed E-state index contributed by atoms with van der Waals surface area (Å²) in [6, 6.07) is 10.9. The van der Waals surface area contributed by atoms with Gasteiger partial charge in [-0.05, 0) is 35.7 Å². The van der Waals surface area contributed by atoms with E-state index < -0.39 is 10.4 Å². The van der Waals surface area contributed by atoms with E-state index in [0.717, 1.165) is 17.1 Å². The van der Waals surface area contributed by atoms with Crippen LogP contribution >= 0.6 is 11.3 Å². The van der Waals surface area contributed by atoms with E-state index in [1.165, 1.54) is 15.6 Å². The molecule has 1 atom stereocenters. The lowest BCUT2D eigenvalue weighted by Crippen LogP contribution is -2.41. The van der Waals surface area contributed by atoms with Crippen molar-refractivity contribution in [1.29, 1.82) is 0 Å². The first-order valence-electron chi connectivity index (χ1n) is 7.70. The predicted molar refractivity (Wildman–Crippen MR) is 93.8 cm³/mol. The maximum atomic E-state index is 12.7. The van der Waals surface area contributed by atoms with Crippen molar-refractivity contribution in [3.63, 3.8) is 0 Å². The predicted octanol–water partition coefficient (Wildman–Crippen LogP) is 2.43. The third-order valence-electron chi connectivity index (χ3n) is 4.16. The molecule has 3 heterocycles. The van der Waals surface area contributed by atoms with Crippen LogP contribution in [0.2, 0.25) is 0 Å². The molecular formula is C16H16N4O3S2. The topological polar surface area (TPSA) is 83.3 Å². The summed E-state index contributed by atoms with van der Waals surface area (Å²) in [5.41, 5.74) is 0.925. The number of fused-ring (bicyclic) bond motifs is 1. The molecule has 0 spiro atoms. The van der Waals surface area contributed by atoms with Crippen molar-refractivity contribution in [2.45, 2.75) is 17.3 Å². The standard InChI is InChI=1S/C16H16N4O3S2/c1-23-13-6-4-12(5-7-13)16-18-17-14-11-19(8-9-20(14)16)25(21,22)15-3-2-10-24-15/h2-7,10H,8-9,11H2,1H3. The van der Waals surface area contributed by atoms with E-state index in [-0.39, 0.29) is 6.54 Å². The molecule has 0 amide bonds. The van der Waals surface area contributed by atoms with Gasteiger partial charge in [-0.1, -0.05) is 15.5 Å². The van der Waals surface area contributed by atoms with Crippen molar-refractivity contribution in [3.05, 3.63) is 47.6 Å². The quantitative estimate of drug-likeness (QED) is 0.653. The van der Waals surface area contributed by atoms with Gasteiger partial charge in [0, 0.05) is 18.2 Å². The molecule has 1 aromatic carbocycles. The smallest absolute Gasteiger partial charge is 0.229 e. The summed E-state index contributed by atoms with van der Waals surface area (Å²) in [5.74, 6) is 2.17. The van der Waals surface area contributed by atoms with E-state index in [1.807, 2.05) is 28.8 Å². The Balaban J connectivity index is 1.61. The van der Waals surface area contributed by atoms with Crippen LogP contribution in [0.4, 0.5) is 0 Å². The highest BCUT2D eigenvalue weighted by molar-refractivity contribution is 7.97. The second kappa shape index (κ2) is 6.34. The maximum absolute atomic E-state index is 12.7. The van der Waals surface area contributed by atoms with Crippen molar-refractivity contribution in [2.24, 2.45) is 0 Å². The number of sulfonamides is 1. The van der Waals surface area contributed by atoms with Crippen LogP contribution in [-0.4, -0.2) is 37.3 Å². The average molecular weight is 376 g/mol. The fraction of sp³-hybridized carbons (Fsp3) is 0.250. The number of hydrogen-bond donors (Lipinski definition) is 0. The lowest BCUT2D eigenvalue weighted by atomic mass is 10.2. The molecule has 0 aliphatic carbocycles. The third-order valence-corrected chi connectivity index (χ3v) is 7.37. The van der Waals surface area contributed by atoms with Gasteiger partial charge in [-0.15, -0.1) is 14.5 Å². The zero-order valence-electron chi connectivity index (χ0n) is 13.5. The molecule has 0 saturated heterocycles. The molecule has 0 saturated carbocycles. The van der Waals surface area contributed by atoms with Gasteiger partial charge in [0.2, 0.25) is 4.21 Å². The molecule has 25 heavy (non-hydrogen) atoms. The maximum Gasteiger partial charge on any atom is 0.229 e. The molecule has 0 bridgehead atoms. The zero-order valence-corrected chi connectivity index (χ0v) is 15.1. The van der Waals surface area contributed by atoms with Gasteiger partial charge in [0.1, 0.15) is 12.3 Å². The minimum atomic E-state index is -3.47. The van der Waals surface area contributed by atoms with Gasteiger partial charge >= 0.3 is 0 Å². The molecule has 7 nitrogen and oxygen atoms in total. The largest absolute Gasteiger partial charge is 0.592 e. The number of benzene rings is 1. The van der Waals surface area contributed by atoms with E-state index in [4.69, 9.17) is 4.74 Å². The van der Waals surface area contributed by atoms with Crippen LogP contribution in [0.25, 0.3) is 11.4 Å². The number of hydrogen-bond acceptors (Lipinski definition) is 6. The summed E-state index contributed by atoms with van der Waals surface area (Å²) in [7, 11) is -1.85. The fourth-order valence-electron chi connectivity index (χ4n) is 2.83. The van der Waals surface area contributed by atoms with Crippen LogP contribution in [-0.2, 0) is 27.7 Å². The number of nitrogens with zero attached hydrogens (tertiary/aromatic N) is 4. The zero-order chi connectivity index (χ0) is 17.4. The number of methoxy groups -OCH3 is 1.